The van der Waals surface area contributed by atoms with Crippen LogP contribution in [0.15, 0.2) is 54.7 Å². The molecule has 1 N–H and O–H groups in total. The lowest BCUT2D eigenvalue weighted by Crippen LogP contribution is -2.33. The van der Waals surface area contributed by atoms with Gasteiger partial charge in [0.25, 0.3) is 0 Å². The predicted octanol–water partition coefficient (Wildman–Crippen LogP) is 3.77. The molecule has 0 fully saturated rings. The molecule has 1 aliphatic heterocycles. The summed E-state index contributed by atoms with van der Waals surface area (Å²) in [6, 6.07) is 13.9. The van der Waals surface area contributed by atoms with Crippen molar-refractivity contribution in [1.29, 1.82) is 0 Å². The van der Waals surface area contributed by atoms with Crippen molar-refractivity contribution in [1.82, 2.24) is 4.90 Å². The van der Waals surface area contributed by atoms with Crippen LogP contribution in [0.4, 0.5) is 5.69 Å². The number of carbonyl (C=O) groups is 3. The van der Waals surface area contributed by atoms with Gasteiger partial charge in [-0.05, 0) is 48.4 Å². The molecule has 1 atom stereocenters. The lowest BCUT2D eigenvalue weighted by molar-refractivity contribution is -0.129. The van der Waals surface area contributed by atoms with Crippen molar-refractivity contribution in [3.05, 3.63) is 71.4 Å². The maximum absolute atomic E-state index is 12.6. The maximum Gasteiger partial charge on any atom is 0.338 e. The number of nitrogens with one attached hydrogen (secondary N) is 1. The molecule has 0 aromatic heterocycles. The molecule has 0 saturated heterocycles. The zero-order chi connectivity index (χ0) is 20.1. The van der Waals surface area contributed by atoms with Crippen molar-refractivity contribution in [3.63, 3.8) is 0 Å². The monoisotopic (exact) mass is 378 g/mol. The van der Waals surface area contributed by atoms with Crippen molar-refractivity contribution in [2.24, 2.45) is 0 Å². The highest BCUT2D eigenvalue weighted by atomic mass is 16.5. The van der Waals surface area contributed by atoms with Gasteiger partial charge >= 0.3 is 5.97 Å². The molecule has 144 valence electrons. The Kier molecular flexibility index (Phi) is 5.89. The van der Waals surface area contributed by atoms with E-state index in [2.05, 4.69) is 5.32 Å². The molecule has 1 heterocycles. The van der Waals surface area contributed by atoms with Gasteiger partial charge < -0.3 is 15.0 Å². The number of nitrogens with zero attached hydrogens (tertiary/aromatic N) is 1. The summed E-state index contributed by atoms with van der Waals surface area (Å²) in [5.41, 5.74) is 2.94. The topological polar surface area (TPSA) is 75.7 Å². The van der Waals surface area contributed by atoms with Gasteiger partial charge in [0.2, 0.25) is 11.8 Å². The average Bonchev–Trinajstić information content (AvgIpc) is 2.68. The number of amides is 2. The minimum absolute atomic E-state index is 0.123. The smallest absolute Gasteiger partial charge is 0.338 e. The fourth-order valence-electron chi connectivity index (χ4n) is 3.20. The highest BCUT2D eigenvalue weighted by Crippen LogP contribution is 2.33. The van der Waals surface area contributed by atoms with E-state index in [4.69, 9.17) is 4.74 Å². The van der Waals surface area contributed by atoms with Crippen LogP contribution < -0.4 is 5.32 Å². The van der Waals surface area contributed by atoms with Crippen molar-refractivity contribution < 1.29 is 19.1 Å². The van der Waals surface area contributed by atoms with Gasteiger partial charge in [-0.1, -0.05) is 24.3 Å². The zero-order valence-electron chi connectivity index (χ0n) is 15.8. The van der Waals surface area contributed by atoms with E-state index >= 15 is 0 Å². The van der Waals surface area contributed by atoms with Crippen LogP contribution in [-0.4, -0.2) is 29.3 Å². The molecular weight excluding hydrogens is 356 g/mol. The fraction of sp³-hybridized carbons (Fsp3) is 0.227. The van der Waals surface area contributed by atoms with E-state index in [0.717, 1.165) is 11.1 Å². The maximum atomic E-state index is 12.6. The molecule has 0 aliphatic carbocycles. The second-order valence-electron chi connectivity index (χ2n) is 6.44. The number of ether oxygens (including phenoxy) is 1. The Morgan fingerprint density at radius 1 is 1.07 bits per heavy atom. The quantitative estimate of drug-likeness (QED) is 0.804. The Labute approximate surface area is 163 Å². The molecule has 0 saturated carbocycles. The Balaban J connectivity index is 1.72. The molecule has 2 amide bonds. The van der Waals surface area contributed by atoms with E-state index < -0.39 is 5.97 Å². The van der Waals surface area contributed by atoms with E-state index in [1.54, 1.807) is 42.3 Å². The second kappa shape index (κ2) is 8.52. The third-order valence-corrected chi connectivity index (χ3v) is 4.53. The summed E-state index contributed by atoms with van der Waals surface area (Å²) in [5.74, 6) is -0.740. The first-order chi connectivity index (χ1) is 13.5. The van der Waals surface area contributed by atoms with Crippen LogP contribution in [0.1, 0.15) is 47.8 Å². The number of rotatable bonds is 5. The van der Waals surface area contributed by atoms with Crippen molar-refractivity contribution in [3.8, 4) is 0 Å². The Morgan fingerprint density at radius 3 is 2.46 bits per heavy atom. The number of hydrogen-bond acceptors (Lipinski definition) is 4. The van der Waals surface area contributed by atoms with Crippen LogP contribution in [0.3, 0.4) is 0 Å². The molecule has 0 radical (unpaired) electrons. The van der Waals surface area contributed by atoms with E-state index in [9.17, 15) is 14.4 Å². The zero-order valence-corrected chi connectivity index (χ0v) is 15.8. The number of benzene rings is 2. The number of fused-ring (bicyclic) bond motifs is 1. The summed E-state index contributed by atoms with van der Waals surface area (Å²) < 4.78 is 4.95. The van der Waals surface area contributed by atoms with Crippen molar-refractivity contribution >= 4 is 29.5 Å². The first-order valence-electron chi connectivity index (χ1n) is 9.12. The molecule has 1 aliphatic rings. The average molecular weight is 378 g/mol. The second-order valence-corrected chi connectivity index (χ2v) is 6.44. The summed E-state index contributed by atoms with van der Waals surface area (Å²) in [6.45, 7) is 3.54. The number of hydrogen-bond donors (Lipinski definition) is 1. The summed E-state index contributed by atoms with van der Waals surface area (Å²) in [6.07, 6.45) is 3.72. The highest BCUT2D eigenvalue weighted by Gasteiger charge is 2.28. The number of anilines is 1. The van der Waals surface area contributed by atoms with E-state index in [0.29, 0.717) is 17.9 Å². The Bertz CT molecular complexity index is 918. The van der Waals surface area contributed by atoms with Crippen molar-refractivity contribution in [2.45, 2.75) is 26.3 Å². The van der Waals surface area contributed by atoms with Gasteiger partial charge in [0.05, 0.1) is 24.6 Å². The Morgan fingerprint density at radius 2 is 1.79 bits per heavy atom. The van der Waals surface area contributed by atoms with Crippen molar-refractivity contribution in [2.75, 3.05) is 11.9 Å². The van der Waals surface area contributed by atoms with Crippen LogP contribution >= 0.6 is 0 Å². The molecule has 2 aromatic carbocycles. The van der Waals surface area contributed by atoms with Crippen LogP contribution in [0.25, 0.3) is 6.08 Å². The molecule has 3 rings (SSSR count). The first-order valence-corrected chi connectivity index (χ1v) is 9.12. The fourth-order valence-corrected chi connectivity index (χ4v) is 3.20. The van der Waals surface area contributed by atoms with Gasteiger partial charge in [0.1, 0.15) is 0 Å². The minimum Gasteiger partial charge on any atom is -0.462 e. The lowest BCUT2D eigenvalue weighted by Gasteiger charge is -2.32. The van der Waals surface area contributed by atoms with Crippen LogP contribution in [0.2, 0.25) is 0 Å². The molecule has 1 unspecified atom stereocenters. The molecule has 0 spiro atoms. The minimum atomic E-state index is -0.400. The van der Waals surface area contributed by atoms with Gasteiger partial charge in [-0.25, -0.2) is 4.79 Å². The molecule has 6 heteroatoms. The normalized spacial score (nSPS) is 14.9. The lowest BCUT2D eigenvalue weighted by atomic mass is 9.93. The largest absolute Gasteiger partial charge is 0.462 e. The summed E-state index contributed by atoms with van der Waals surface area (Å²) in [7, 11) is 0. The number of esters is 1. The van der Waals surface area contributed by atoms with E-state index in [1.807, 2.05) is 30.3 Å². The molecular formula is C22H22N2O4. The molecule has 2 aromatic rings. The van der Waals surface area contributed by atoms with Crippen LogP contribution in [0, 0.1) is 0 Å². The molecule has 28 heavy (non-hydrogen) atoms. The van der Waals surface area contributed by atoms with Gasteiger partial charge in [-0.15, -0.1) is 0 Å². The molecule has 0 bridgehead atoms. The standard InChI is InChI=1S/C22H22N2O4/c1-3-28-22(27)17-8-10-18(11-9-17)23-21(26)14-20-19-7-5-4-6-16(19)12-13-24(20)15(2)25/h4-13,20H,3,14H2,1-2H3,(H,23,26). The third-order valence-electron chi connectivity index (χ3n) is 4.53. The molecule has 6 nitrogen and oxygen atoms in total. The SMILES string of the molecule is CCOC(=O)c1ccc(NC(=O)CC2c3ccccc3C=CN2C(C)=O)cc1. The highest BCUT2D eigenvalue weighted by molar-refractivity contribution is 5.94. The number of carbonyl (C=O) groups excluding carboxylic acids is 3. The van der Waals surface area contributed by atoms with Gasteiger partial charge in [0, 0.05) is 18.8 Å². The first kappa shape index (κ1) is 19.4. The third kappa shape index (κ3) is 4.28. The van der Waals surface area contributed by atoms with E-state index in [1.165, 1.54) is 6.92 Å². The van der Waals surface area contributed by atoms with E-state index in [-0.39, 0.29) is 24.3 Å². The van der Waals surface area contributed by atoms with Crippen LogP contribution in [-0.2, 0) is 14.3 Å². The van der Waals surface area contributed by atoms with Gasteiger partial charge in [0.15, 0.2) is 0 Å². The summed E-state index contributed by atoms with van der Waals surface area (Å²) >= 11 is 0. The Hall–Kier alpha value is -3.41. The van der Waals surface area contributed by atoms with Crippen LogP contribution in [0.5, 0.6) is 0 Å². The summed E-state index contributed by atoms with van der Waals surface area (Å²) in [5, 5.41) is 2.82. The predicted molar refractivity (Wildman–Crippen MR) is 106 cm³/mol. The van der Waals surface area contributed by atoms with Gasteiger partial charge in [-0.3, -0.25) is 9.59 Å². The summed E-state index contributed by atoms with van der Waals surface area (Å²) in [4.78, 5) is 37.9. The van der Waals surface area contributed by atoms with Gasteiger partial charge in [-0.2, -0.15) is 0 Å².